The maximum atomic E-state index is 13.1. The third-order valence-corrected chi connectivity index (χ3v) is 3.58. The van der Waals surface area contributed by atoms with Gasteiger partial charge < -0.3 is 5.32 Å². The third-order valence-electron chi connectivity index (χ3n) is 2.41. The molecule has 1 nitrogen and oxygen atoms in total. The van der Waals surface area contributed by atoms with Crippen LogP contribution in [0.15, 0.2) is 40.9 Å². The van der Waals surface area contributed by atoms with E-state index in [-0.39, 0.29) is 5.82 Å². The number of anilines is 1. The van der Waals surface area contributed by atoms with Gasteiger partial charge in [0, 0.05) is 16.0 Å². The quantitative estimate of drug-likeness (QED) is 0.771. The van der Waals surface area contributed by atoms with E-state index in [1.54, 1.807) is 6.07 Å². The largest absolute Gasteiger partial charge is 0.380 e. The standard InChI is InChI=1S/C13H9BrCl2FN/c14-9-1-4-13(12(16)6-9)18-7-8-5-10(17)2-3-11(8)15/h1-6,18H,7H2. The highest BCUT2D eigenvalue weighted by atomic mass is 79.9. The Morgan fingerprint density at radius 1 is 1.06 bits per heavy atom. The van der Waals surface area contributed by atoms with E-state index in [0.717, 1.165) is 10.2 Å². The average Bonchev–Trinajstić information content (AvgIpc) is 2.32. The Hall–Kier alpha value is -0.770. The first-order valence-electron chi connectivity index (χ1n) is 5.19. The Balaban J connectivity index is 2.13. The number of hydrogen-bond acceptors (Lipinski definition) is 1. The molecule has 0 atom stereocenters. The van der Waals surface area contributed by atoms with Crippen LogP contribution < -0.4 is 5.32 Å². The first-order chi connectivity index (χ1) is 8.56. The fourth-order valence-corrected chi connectivity index (χ4v) is 2.43. The Morgan fingerprint density at radius 2 is 1.83 bits per heavy atom. The molecule has 2 aromatic carbocycles. The summed E-state index contributed by atoms with van der Waals surface area (Å²) >= 11 is 15.4. The lowest BCUT2D eigenvalue weighted by molar-refractivity contribution is 0.626. The summed E-state index contributed by atoms with van der Waals surface area (Å²) in [5, 5.41) is 4.24. The predicted octanol–water partition coefficient (Wildman–Crippen LogP) is 5.51. The van der Waals surface area contributed by atoms with Crippen molar-refractivity contribution in [3.63, 3.8) is 0 Å². The average molecular weight is 349 g/mol. The van der Waals surface area contributed by atoms with Crippen molar-refractivity contribution in [2.45, 2.75) is 6.54 Å². The molecule has 0 fully saturated rings. The van der Waals surface area contributed by atoms with Gasteiger partial charge in [0.15, 0.2) is 0 Å². The van der Waals surface area contributed by atoms with Crippen LogP contribution in [-0.2, 0) is 6.54 Å². The van der Waals surface area contributed by atoms with Gasteiger partial charge in [0.2, 0.25) is 0 Å². The fraction of sp³-hybridized carbons (Fsp3) is 0.0769. The minimum absolute atomic E-state index is 0.307. The molecule has 94 valence electrons. The fourth-order valence-electron chi connectivity index (χ4n) is 1.50. The molecule has 0 aliphatic heterocycles. The van der Waals surface area contributed by atoms with Crippen LogP contribution in [0.1, 0.15) is 5.56 Å². The summed E-state index contributed by atoms with van der Waals surface area (Å²) in [5.41, 5.74) is 1.47. The second-order valence-corrected chi connectivity index (χ2v) is 5.44. The van der Waals surface area contributed by atoms with Crippen molar-refractivity contribution in [2.24, 2.45) is 0 Å². The molecule has 0 aliphatic carbocycles. The first kappa shape index (κ1) is 13.7. The number of nitrogens with one attached hydrogen (secondary N) is 1. The van der Waals surface area contributed by atoms with E-state index in [2.05, 4.69) is 21.2 Å². The van der Waals surface area contributed by atoms with Gasteiger partial charge in [0.05, 0.1) is 10.7 Å². The summed E-state index contributed by atoms with van der Waals surface area (Å²) in [6.45, 7) is 0.415. The van der Waals surface area contributed by atoms with Crippen LogP contribution in [0.3, 0.4) is 0 Å². The van der Waals surface area contributed by atoms with Crippen LogP contribution in [0.25, 0.3) is 0 Å². The molecule has 0 aromatic heterocycles. The summed E-state index contributed by atoms with van der Waals surface area (Å²) in [5.74, 6) is -0.307. The molecule has 2 rings (SSSR count). The van der Waals surface area contributed by atoms with E-state index in [9.17, 15) is 4.39 Å². The second kappa shape index (κ2) is 5.91. The van der Waals surface area contributed by atoms with Crippen LogP contribution in [0, 0.1) is 5.82 Å². The van der Waals surface area contributed by atoms with Crippen LogP contribution in [0.2, 0.25) is 10.0 Å². The Bertz CT molecular complexity index is 575. The monoisotopic (exact) mass is 347 g/mol. The van der Waals surface area contributed by atoms with Crippen molar-refractivity contribution in [3.8, 4) is 0 Å². The van der Waals surface area contributed by atoms with Crippen LogP contribution in [0.5, 0.6) is 0 Å². The molecular formula is C13H9BrCl2FN. The lowest BCUT2D eigenvalue weighted by atomic mass is 10.2. The van der Waals surface area contributed by atoms with Gasteiger partial charge in [-0.25, -0.2) is 4.39 Å². The predicted molar refractivity (Wildman–Crippen MR) is 77.9 cm³/mol. The van der Waals surface area contributed by atoms with Crippen molar-refractivity contribution in [3.05, 3.63) is 62.3 Å². The van der Waals surface area contributed by atoms with Gasteiger partial charge in [0.25, 0.3) is 0 Å². The maximum Gasteiger partial charge on any atom is 0.123 e. The SMILES string of the molecule is Fc1ccc(Cl)c(CNc2ccc(Br)cc2Cl)c1. The highest BCUT2D eigenvalue weighted by molar-refractivity contribution is 9.10. The molecule has 0 bridgehead atoms. The molecule has 18 heavy (non-hydrogen) atoms. The van der Waals surface area contributed by atoms with Gasteiger partial charge in [-0.3, -0.25) is 0 Å². The number of hydrogen-bond donors (Lipinski definition) is 1. The zero-order chi connectivity index (χ0) is 13.1. The van der Waals surface area contributed by atoms with E-state index in [1.807, 2.05) is 12.1 Å². The molecular weight excluding hydrogens is 340 g/mol. The molecule has 1 N–H and O–H groups in total. The summed E-state index contributed by atoms with van der Waals surface area (Å²) in [7, 11) is 0. The lowest BCUT2D eigenvalue weighted by Gasteiger charge is -2.10. The van der Waals surface area contributed by atoms with Gasteiger partial charge in [-0.05, 0) is 42.0 Å². The van der Waals surface area contributed by atoms with Crippen LogP contribution in [-0.4, -0.2) is 0 Å². The van der Waals surface area contributed by atoms with Gasteiger partial charge >= 0.3 is 0 Å². The summed E-state index contributed by atoms with van der Waals surface area (Å²) in [6.07, 6.45) is 0. The van der Waals surface area contributed by atoms with Crippen LogP contribution in [0.4, 0.5) is 10.1 Å². The van der Waals surface area contributed by atoms with E-state index < -0.39 is 0 Å². The summed E-state index contributed by atoms with van der Waals surface area (Å²) < 4.78 is 14.0. The molecule has 0 spiro atoms. The van der Waals surface area contributed by atoms with Gasteiger partial charge in [-0.1, -0.05) is 39.1 Å². The van der Waals surface area contributed by atoms with E-state index in [4.69, 9.17) is 23.2 Å². The molecule has 5 heteroatoms. The first-order valence-corrected chi connectivity index (χ1v) is 6.74. The summed E-state index contributed by atoms with van der Waals surface area (Å²) in [6, 6.07) is 9.79. The highest BCUT2D eigenvalue weighted by Gasteiger charge is 2.04. The zero-order valence-corrected chi connectivity index (χ0v) is 12.3. The van der Waals surface area contributed by atoms with Gasteiger partial charge in [-0.15, -0.1) is 0 Å². The second-order valence-electron chi connectivity index (χ2n) is 3.71. The smallest absolute Gasteiger partial charge is 0.123 e. The zero-order valence-electron chi connectivity index (χ0n) is 9.18. The highest BCUT2D eigenvalue weighted by Crippen LogP contribution is 2.27. The molecule has 0 unspecified atom stereocenters. The molecule has 0 radical (unpaired) electrons. The number of halogens is 4. The van der Waals surface area contributed by atoms with E-state index >= 15 is 0 Å². The minimum atomic E-state index is -0.307. The van der Waals surface area contributed by atoms with Crippen molar-refractivity contribution in [1.29, 1.82) is 0 Å². The third kappa shape index (κ3) is 3.37. The Morgan fingerprint density at radius 3 is 2.56 bits per heavy atom. The molecule has 0 saturated carbocycles. The van der Waals surface area contributed by atoms with Crippen molar-refractivity contribution in [2.75, 3.05) is 5.32 Å². The van der Waals surface area contributed by atoms with Gasteiger partial charge in [-0.2, -0.15) is 0 Å². The number of rotatable bonds is 3. The lowest BCUT2D eigenvalue weighted by Crippen LogP contribution is -2.01. The van der Waals surface area contributed by atoms with E-state index in [1.165, 1.54) is 18.2 Å². The molecule has 0 heterocycles. The van der Waals surface area contributed by atoms with Crippen molar-refractivity contribution in [1.82, 2.24) is 0 Å². The minimum Gasteiger partial charge on any atom is -0.380 e. The van der Waals surface area contributed by atoms with Crippen LogP contribution >= 0.6 is 39.1 Å². The normalized spacial score (nSPS) is 10.4. The molecule has 0 amide bonds. The molecule has 0 saturated heterocycles. The maximum absolute atomic E-state index is 13.1. The summed E-state index contributed by atoms with van der Waals surface area (Å²) in [4.78, 5) is 0. The van der Waals surface area contributed by atoms with E-state index in [0.29, 0.717) is 22.2 Å². The van der Waals surface area contributed by atoms with Crippen molar-refractivity contribution < 1.29 is 4.39 Å². The van der Waals surface area contributed by atoms with Gasteiger partial charge in [0.1, 0.15) is 5.82 Å². The number of benzene rings is 2. The van der Waals surface area contributed by atoms with Crippen molar-refractivity contribution >= 4 is 44.8 Å². The molecule has 2 aromatic rings. The molecule has 0 aliphatic rings. The Kier molecular flexibility index (Phi) is 4.49. The Labute approximate surface area is 123 Å². The topological polar surface area (TPSA) is 12.0 Å².